The van der Waals surface area contributed by atoms with Gasteiger partial charge in [0, 0.05) is 25.7 Å². The van der Waals surface area contributed by atoms with E-state index in [0.717, 1.165) is 108 Å². The zero-order valence-electron chi connectivity index (χ0n) is 69.9. The van der Waals surface area contributed by atoms with Crippen LogP contribution in [0.25, 0.3) is 0 Å². The van der Waals surface area contributed by atoms with Gasteiger partial charge >= 0.3 is 39.5 Å². The minimum atomic E-state index is -4.97. The average molecular weight is 1550 g/mol. The summed E-state index contributed by atoms with van der Waals surface area (Å²) in [6.45, 7) is 12.0. The van der Waals surface area contributed by atoms with Crippen molar-refractivity contribution in [2.45, 2.75) is 478 Å². The summed E-state index contributed by atoms with van der Waals surface area (Å²) in [5.41, 5.74) is 0. The molecule has 0 aromatic carbocycles. The van der Waals surface area contributed by atoms with Gasteiger partial charge in [-0.2, -0.15) is 0 Å². The van der Waals surface area contributed by atoms with E-state index in [4.69, 9.17) is 37.0 Å². The third-order valence-corrected chi connectivity index (χ3v) is 22.3. The number of phosphoric ester groups is 2. The van der Waals surface area contributed by atoms with E-state index in [1.807, 2.05) is 0 Å². The van der Waals surface area contributed by atoms with Gasteiger partial charge in [-0.3, -0.25) is 37.3 Å². The van der Waals surface area contributed by atoms with E-state index in [1.54, 1.807) is 0 Å². The lowest BCUT2D eigenvalue weighted by molar-refractivity contribution is -0.161. The first-order valence-corrected chi connectivity index (χ1v) is 47.8. The minimum absolute atomic E-state index is 0.106. The van der Waals surface area contributed by atoms with Gasteiger partial charge in [0.1, 0.15) is 19.3 Å². The SMILES string of the molecule is CCCCCCCCCCCCCCCCCCCCCCCCC(=O)O[C@H](COC(=O)CCCCCCCCCCCCCCCCCCC(C)C)COP(=O)(O)OC[C@@H](O)COP(=O)(O)OC[C@@H](COC(=O)CCCCCCCCCC(C)C)OC(=O)CCCCCCCCCCCCCCC(C)C. The van der Waals surface area contributed by atoms with Crippen molar-refractivity contribution in [1.29, 1.82) is 0 Å². The van der Waals surface area contributed by atoms with Crippen LogP contribution in [0.3, 0.4) is 0 Å². The molecule has 0 saturated carbocycles. The van der Waals surface area contributed by atoms with Crippen molar-refractivity contribution < 1.29 is 80.2 Å². The highest BCUT2D eigenvalue weighted by molar-refractivity contribution is 7.47. The summed E-state index contributed by atoms with van der Waals surface area (Å²) in [6.07, 6.45) is 68.3. The number of ether oxygens (including phenoxy) is 4. The fourth-order valence-electron chi connectivity index (χ4n) is 13.5. The molecule has 0 aliphatic carbocycles. The molecule has 106 heavy (non-hydrogen) atoms. The topological polar surface area (TPSA) is 237 Å². The number of phosphoric acid groups is 2. The fourth-order valence-corrected chi connectivity index (χ4v) is 15.1. The van der Waals surface area contributed by atoms with Crippen LogP contribution in [0.15, 0.2) is 0 Å². The minimum Gasteiger partial charge on any atom is -0.462 e. The van der Waals surface area contributed by atoms with Crippen LogP contribution in [0.4, 0.5) is 0 Å². The highest BCUT2D eigenvalue weighted by Gasteiger charge is 2.30. The Morgan fingerprint density at radius 1 is 0.255 bits per heavy atom. The maximum atomic E-state index is 13.2. The quantitative estimate of drug-likeness (QED) is 0.0222. The second kappa shape index (κ2) is 77.0. The third kappa shape index (κ3) is 80.1. The van der Waals surface area contributed by atoms with Crippen molar-refractivity contribution in [2.75, 3.05) is 39.6 Å². The molecule has 0 radical (unpaired) electrons. The van der Waals surface area contributed by atoms with Gasteiger partial charge in [0.05, 0.1) is 26.4 Å². The van der Waals surface area contributed by atoms with Gasteiger partial charge in [-0.1, -0.05) is 408 Å². The average Bonchev–Trinajstić information content (AvgIpc) is 0.903. The smallest absolute Gasteiger partial charge is 0.462 e. The summed E-state index contributed by atoms with van der Waals surface area (Å²) in [7, 11) is -9.93. The number of esters is 4. The van der Waals surface area contributed by atoms with E-state index in [9.17, 15) is 43.2 Å². The lowest BCUT2D eigenvalue weighted by Crippen LogP contribution is -2.30. The van der Waals surface area contributed by atoms with E-state index in [-0.39, 0.29) is 25.7 Å². The number of unbranched alkanes of at least 4 members (excludes halogenated alkanes) is 53. The van der Waals surface area contributed by atoms with Crippen LogP contribution in [0, 0.1) is 17.8 Å². The summed E-state index contributed by atoms with van der Waals surface area (Å²) >= 11 is 0. The summed E-state index contributed by atoms with van der Waals surface area (Å²) in [6, 6.07) is 0. The molecule has 0 saturated heterocycles. The second-order valence-corrected chi connectivity index (χ2v) is 35.6. The summed E-state index contributed by atoms with van der Waals surface area (Å²) in [5, 5.41) is 10.7. The number of hydrogen-bond donors (Lipinski definition) is 3. The molecule has 0 spiro atoms. The Morgan fingerprint density at radius 3 is 0.642 bits per heavy atom. The van der Waals surface area contributed by atoms with Gasteiger partial charge in [-0.05, 0) is 43.4 Å². The molecular weight excluding hydrogens is 1380 g/mol. The zero-order valence-corrected chi connectivity index (χ0v) is 71.7. The first-order chi connectivity index (χ1) is 51.2. The maximum Gasteiger partial charge on any atom is 0.472 e. The second-order valence-electron chi connectivity index (χ2n) is 32.7. The number of carbonyl (C=O) groups is 4. The lowest BCUT2D eigenvalue weighted by Gasteiger charge is -2.21. The highest BCUT2D eigenvalue weighted by atomic mass is 31.2. The molecule has 3 N–H and O–H groups in total. The third-order valence-electron chi connectivity index (χ3n) is 20.4. The first-order valence-electron chi connectivity index (χ1n) is 44.8. The van der Waals surface area contributed by atoms with Crippen LogP contribution >= 0.6 is 15.6 Å². The normalized spacial score (nSPS) is 13.9. The van der Waals surface area contributed by atoms with E-state index >= 15 is 0 Å². The largest absolute Gasteiger partial charge is 0.472 e. The molecule has 17 nitrogen and oxygen atoms in total. The van der Waals surface area contributed by atoms with Crippen molar-refractivity contribution in [3.63, 3.8) is 0 Å². The highest BCUT2D eigenvalue weighted by Crippen LogP contribution is 2.45. The molecule has 0 aromatic heterocycles. The molecule has 19 heteroatoms. The Balaban J connectivity index is 5.22. The van der Waals surface area contributed by atoms with Crippen molar-refractivity contribution in [3.8, 4) is 0 Å². The Hall–Kier alpha value is -1.94. The van der Waals surface area contributed by atoms with Crippen LogP contribution in [0.1, 0.15) is 459 Å². The van der Waals surface area contributed by atoms with Crippen molar-refractivity contribution in [3.05, 3.63) is 0 Å². The van der Waals surface area contributed by atoms with Crippen LogP contribution < -0.4 is 0 Å². The van der Waals surface area contributed by atoms with E-state index in [1.165, 1.54) is 263 Å². The molecule has 5 atom stereocenters. The van der Waals surface area contributed by atoms with Gasteiger partial charge in [-0.25, -0.2) is 9.13 Å². The van der Waals surface area contributed by atoms with Crippen LogP contribution in [0.2, 0.25) is 0 Å². The monoisotopic (exact) mass is 1550 g/mol. The molecule has 0 aliphatic rings. The van der Waals surface area contributed by atoms with Gasteiger partial charge in [0.15, 0.2) is 12.2 Å². The predicted octanol–water partition coefficient (Wildman–Crippen LogP) is 26.5. The zero-order chi connectivity index (χ0) is 77.9. The van der Waals surface area contributed by atoms with E-state index in [2.05, 4.69) is 48.5 Å². The molecule has 0 rings (SSSR count). The first kappa shape index (κ1) is 104. The van der Waals surface area contributed by atoms with Crippen LogP contribution in [-0.2, 0) is 65.4 Å². The fraction of sp³-hybridized carbons (Fsp3) is 0.954. The molecule has 0 aromatic rings. The molecule has 630 valence electrons. The molecule has 0 aliphatic heterocycles. The van der Waals surface area contributed by atoms with Crippen molar-refractivity contribution in [2.24, 2.45) is 17.8 Å². The Bertz CT molecular complexity index is 2040. The standard InChI is InChI=1S/C87H170O17P2/c1-8-9-10-11-12-13-14-15-16-17-18-19-20-21-22-27-30-36-41-48-56-63-70-86(91)103-82(74-97-84(89)68-61-54-47-40-35-29-26-24-23-25-28-33-38-44-51-58-65-78(2)3)76-101-105(93,94)99-72-81(88)73-100-106(95,96)102-77-83(75-98-85(90)69-62-55-50-43-46-53-60-67-80(6)7)104-87(92)71-64-57-49-42-37-32-31-34-39-45-52-59-66-79(4)5/h78-83,88H,8-77H2,1-7H3,(H,93,94)(H,95,96)/t81-,82-,83-/m1/s1. The predicted molar refractivity (Wildman–Crippen MR) is 437 cm³/mol. The molecular formula is C87H170O17P2. The number of hydrogen-bond acceptors (Lipinski definition) is 15. The lowest BCUT2D eigenvalue weighted by atomic mass is 10.0. The maximum absolute atomic E-state index is 13.2. The molecule has 0 heterocycles. The number of carbonyl (C=O) groups excluding carboxylic acids is 4. The molecule has 0 fully saturated rings. The summed E-state index contributed by atoms with van der Waals surface area (Å²) in [4.78, 5) is 73.2. The number of aliphatic hydroxyl groups excluding tert-OH is 1. The van der Waals surface area contributed by atoms with Gasteiger partial charge in [-0.15, -0.1) is 0 Å². The van der Waals surface area contributed by atoms with Crippen LogP contribution in [-0.4, -0.2) is 96.7 Å². The van der Waals surface area contributed by atoms with Gasteiger partial charge < -0.3 is 33.8 Å². The molecule has 0 bridgehead atoms. The molecule has 2 unspecified atom stereocenters. The number of aliphatic hydroxyl groups is 1. The summed E-state index contributed by atoms with van der Waals surface area (Å²) in [5.74, 6) is 0.188. The van der Waals surface area contributed by atoms with Gasteiger partial charge in [0.25, 0.3) is 0 Å². The van der Waals surface area contributed by atoms with Gasteiger partial charge in [0.2, 0.25) is 0 Å². The van der Waals surface area contributed by atoms with Crippen molar-refractivity contribution >= 4 is 39.5 Å². The Morgan fingerprint density at radius 2 is 0.434 bits per heavy atom. The van der Waals surface area contributed by atoms with Crippen LogP contribution in [0.5, 0.6) is 0 Å². The Kier molecular flexibility index (Phi) is 75.6. The number of rotatable bonds is 85. The van der Waals surface area contributed by atoms with E-state index < -0.39 is 97.5 Å². The van der Waals surface area contributed by atoms with Crippen molar-refractivity contribution in [1.82, 2.24) is 0 Å². The molecule has 0 amide bonds. The van der Waals surface area contributed by atoms with E-state index in [0.29, 0.717) is 31.6 Å². The summed E-state index contributed by atoms with van der Waals surface area (Å²) < 4.78 is 68.9. The Labute approximate surface area is 651 Å².